The lowest BCUT2D eigenvalue weighted by Gasteiger charge is -2.37. The monoisotopic (exact) mass is 411 g/mol. The van der Waals surface area contributed by atoms with Gasteiger partial charge in [-0.15, -0.1) is 11.3 Å². The maximum Gasteiger partial charge on any atom is 0.264 e. The van der Waals surface area contributed by atoms with Gasteiger partial charge in [0.05, 0.1) is 26.7 Å². The van der Waals surface area contributed by atoms with E-state index in [1.807, 2.05) is 29.3 Å². The van der Waals surface area contributed by atoms with Gasteiger partial charge in [0.2, 0.25) is 5.91 Å². The average molecular weight is 412 g/mol. The van der Waals surface area contributed by atoms with Crippen LogP contribution in [0.5, 0.6) is 0 Å². The molecule has 1 aliphatic heterocycles. The maximum atomic E-state index is 12.5. The highest BCUT2D eigenvalue weighted by Gasteiger charge is 2.28. The first-order valence-corrected chi connectivity index (χ1v) is 9.92. The minimum Gasteiger partial charge on any atom is -0.335 e. The molecule has 0 bridgehead atoms. The van der Waals surface area contributed by atoms with Gasteiger partial charge in [0.15, 0.2) is 0 Å². The molecule has 2 aromatic rings. The van der Waals surface area contributed by atoms with Gasteiger partial charge < -0.3 is 10.2 Å². The molecule has 1 aliphatic rings. The van der Waals surface area contributed by atoms with Crippen LogP contribution in [0.25, 0.3) is 0 Å². The van der Waals surface area contributed by atoms with Crippen LogP contribution in [0.2, 0.25) is 10.0 Å². The summed E-state index contributed by atoms with van der Waals surface area (Å²) in [6.45, 7) is 4.35. The van der Waals surface area contributed by atoms with Crippen molar-refractivity contribution in [2.24, 2.45) is 0 Å². The molecule has 1 saturated heterocycles. The molecule has 3 rings (SSSR count). The molecule has 2 amide bonds. The van der Waals surface area contributed by atoms with E-state index in [1.54, 1.807) is 18.2 Å². The van der Waals surface area contributed by atoms with Crippen LogP contribution >= 0.6 is 34.5 Å². The second-order valence-corrected chi connectivity index (χ2v) is 7.80. The molecule has 1 aromatic heterocycles. The molecule has 0 saturated carbocycles. The van der Waals surface area contributed by atoms with Crippen LogP contribution in [0.4, 0.5) is 5.69 Å². The van der Waals surface area contributed by atoms with E-state index in [1.165, 1.54) is 11.3 Å². The normalized spacial score (nSPS) is 16.3. The Morgan fingerprint density at radius 3 is 2.50 bits per heavy atom. The Bertz CT molecular complexity index is 790. The van der Waals surface area contributed by atoms with Crippen molar-refractivity contribution in [3.8, 4) is 0 Å². The summed E-state index contributed by atoms with van der Waals surface area (Å²) in [7, 11) is 0. The number of carbonyl (C=O) groups excluding carboxylic acids is 2. The molecule has 2 heterocycles. The zero-order valence-electron chi connectivity index (χ0n) is 14.2. The molecule has 26 heavy (non-hydrogen) atoms. The average Bonchev–Trinajstić information content (AvgIpc) is 3.19. The quantitative estimate of drug-likeness (QED) is 0.831. The Morgan fingerprint density at radius 1 is 1.12 bits per heavy atom. The third kappa shape index (κ3) is 4.20. The van der Waals surface area contributed by atoms with Gasteiger partial charge in [-0.05, 0) is 30.5 Å². The summed E-state index contributed by atoms with van der Waals surface area (Å²) in [6.07, 6.45) is 0. The van der Waals surface area contributed by atoms with Crippen LogP contribution in [0.1, 0.15) is 16.6 Å². The van der Waals surface area contributed by atoms with Crippen LogP contribution < -0.4 is 5.32 Å². The third-order valence-electron chi connectivity index (χ3n) is 4.47. The Morgan fingerprint density at radius 2 is 1.85 bits per heavy atom. The number of hydrogen-bond donors (Lipinski definition) is 1. The number of nitrogens with one attached hydrogen (secondary N) is 1. The fraction of sp³-hybridized carbons (Fsp3) is 0.333. The molecule has 0 spiro atoms. The maximum absolute atomic E-state index is 12.5. The van der Waals surface area contributed by atoms with Gasteiger partial charge in [0.25, 0.3) is 5.91 Å². The van der Waals surface area contributed by atoms with Gasteiger partial charge in [-0.25, -0.2) is 0 Å². The Hall–Kier alpha value is -1.60. The number of amides is 2. The highest BCUT2D eigenvalue weighted by molar-refractivity contribution is 7.12. The van der Waals surface area contributed by atoms with Gasteiger partial charge in [0, 0.05) is 26.2 Å². The predicted octanol–water partition coefficient (Wildman–Crippen LogP) is 3.84. The van der Waals surface area contributed by atoms with Crippen molar-refractivity contribution in [3.05, 3.63) is 50.6 Å². The summed E-state index contributed by atoms with van der Waals surface area (Å²) in [6, 6.07) is 8.52. The summed E-state index contributed by atoms with van der Waals surface area (Å²) in [5, 5.41) is 5.46. The molecule has 1 atom stereocenters. The first kappa shape index (κ1) is 19.2. The van der Waals surface area contributed by atoms with E-state index in [0.29, 0.717) is 41.9 Å². The Kier molecular flexibility index (Phi) is 6.19. The lowest BCUT2D eigenvalue weighted by molar-refractivity contribution is -0.121. The zero-order chi connectivity index (χ0) is 18.7. The standard InChI is InChI=1S/C18H19Cl2N3O2S/c1-12(17(24)21-14-5-2-4-13(19)16(14)20)22-7-9-23(10-8-22)18(25)15-6-3-11-26-15/h2-6,11-12H,7-10H2,1H3,(H,21,24)/t12-/m0/s1. The number of anilines is 1. The van der Waals surface area contributed by atoms with Gasteiger partial charge >= 0.3 is 0 Å². The van der Waals surface area contributed by atoms with Crippen LogP contribution in [-0.2, 0) is 4.79 Å². The van der Waals surface area contributed by atoms with E-state index in [2.05, 4.69) is 10.2 Å². The Labute approximate surface area is 166 Å². The minimum atomic E-state index is -0.330. The van der Waals surface area contributed by atoms with Crippen molar-refractivity contribution < 1.29 is 9.59 Å². The lowest BCUT2D eigenvalue weighted by Crippen LogP contribution is -2.53. The molecule has 1 fully saturated rings. The number of rotatable bonds is 4. The molecule has 1 N–H and O–H groups in total. The van der Waals surface area contributed by atoms with Gasteiger partial charge in [-0.2, -0.15) is 0 Å². The minimum absolute atomic E-state index is 0.0578. The van der Waals surface area contributed by atoms with Gasteiger partial charge in [-0.3, -0.25) is 14.5 Å². The van der Waals surface area contributed by atoms with E-state index in [0.717, 1.165) is 4.88 Å². The van der Waals surface area contributed by atoms with E-state index in [-0.39, 0.29) is 17.9 Å². The molecule has 0 unspecified atom stereocenters. The van der Waals surface area contributed by atoms with Crippen molar-refractivity contribution >= 4 is 52.0 Å². The van der Waals surface area contributed by atoms with Crippen LogP contribution in [0.15, 0.2) is 35.7 Å². The van der Waals surface area contributed by atoms with Crippen LogP contribution in [0.3, 0.4) is 0 Å². The first-order valence-electron chi connectivity index (χ1n) is 8.29. The summed E-state index contributed by atoms with van der Waals surface area (Å²) >= 11 is 13.6. The summed E-state index contributed by atoms with van der Waals surface area (Å²) in [5.41, 5.74) is 0.502. The second-order valence-electron chi connectivity index (χ2n) is 6.07. The van der Waals surface area contributed by atoms with E-state index < -0.39 is 0 Å². The largest absolute Gasteiger partial charge is 0.335 e. The second kappa shape index (κ2) is 8.39. The number of nitrogens with zero attached hydrogens (tertiary/aromatic N) is 2. The fourth-order valence-electron chi connectivity index (χ4n) is 2.87. The van der Waals surface area contributed by atoms with Gasteiger partial charge in [-0.1, -0.05) is 35.3 Å². The number of hydrogen-bond acceptors (Lipinski definition) is 4. The van der Waals surface area contributed by atoms with Crippen molar-refractivity contribution in [3.63, 3.8) is 0 Å². The molecule has 138 valence electrons. The zero-order valence-corrected chi connectivity index (χ0v) is 16.6. The van der Waals surface area contributed by atoms with Crippen molar-refractivity contribution in [2.75, 3.05) is 31.5 Å². The summed E-state index contributed by atoms with van der Waals surface area (Å²) in [5.74, 6) is -0.0883. The van der Waals surface area contributed by atoms with Crippen molar-refractivity contribution in [1.82, 2.24) is 9.80 Å². The topological polar surface area (TPSA) is 52.7 Å². The third-order valence-corrected chi connectivity index (χ3v) is 6.15. The molecular weight excluding hydrogens is 393 g/mol. The number of piperazine rings is 1. The SMILES string of the molecule is C[C@@H](C(=O)Nc1cccc(Cl)c1Cl)N1CCN(C(=O)c2cccs2)CC1. The molecule has 8 heteroatoms. The lowest BCUT2D eigenvalue weighted by atomic mass is 10.2. The van der Waals surface area contributed by atoms with E-state index in [4.69, 9.17) is 23.2 Å². The number of benzene rings is 1. The molecule has 5 nitrogen and oxygen atoms in total. The smallest absolute Gasteiger partial charge is 0.264 e. The van der Waals surface area contributed by atoms with Crippen molar-refractivity contribution in [1.29, 1.82) is 0 Å². The summed E-state index contributed by atoms with van der Waals surface area (Å²) in [4.78, 5) is 29.6. The van der Waals surface area contributed by atoms with Crippen molar-refractivity contribution in [2.45, 2.75) is 13.0 Å². The summed E-state index contributed by atoms with van der Waals surface area (Å²) < 4.78 is 0. The fourth-order valence-corrected chi connectivity index (χ4v) is 3.91. The van der Waals surface area contributed by atoms with Crippen LogP contribution in [0, 0.1) is 0 Å². The Balaban J connectivity index is 1.56. The van der Waals surface area contributed by atoms with Gasteiger partial charge in [0.1, 0.15) is 0 Å². The molecule has 1 aromatic carbocycles. The van der Waals surface area contributed by atoms with Crippen LogP contribution in [-0.4, -0.2) is 53.8 Å². The highest BCUT2D eigenvalue weighted by atomic mass is 35.5. The van der Waals surface area contributed by atoms with E-state index in [9.17, 15) is 9.59 Å². The molecule has 0 radical (unpaired) electrons. The number of halogens is 2. The number of thiophene rings is 1. The van der Waals surface area contributed by atoms with E-state index >= 15 is 0 Å². The number of carbonyl (C=O) groups is 2. The molecule has 0 aliphatic carbocycles. The first-order chi connectivity index (χ1) is 12.5. The molecular formula is C18H19Cl2N3O2S. The highest BCUT2D eigenvalue weighted by Crippen LogP contribution is 2.29. The predicted molar refractivity (Wildman–Crippen MR) is 106 cm³/mol.